The molecule has 1 heterocycles. The Bertz CT molecular complexity index is 454. The van der Waals surface area contributed by atoms with Gasteiger partial charge in [-0.15, -0.1) is 6.58 Å². The summed E-state index contributed by atoms with van der Waals surface area (Å²) in [4.78, 5) is 0. The topological polar surface area (TPSA) is 30.9 Å². The number of benzene rings is 1. The van der Waals surface area contributed by atoms with Gasteiger partial charge in [0.2, 0.25) is 0 Å². The molecule has 2 nitrogen and oxygen atoms in total. The van der Waals surface area contributed by atoms with Gasteiger partial charge in [-0.2, -0.15) is 0 Å². The van der Waals surface area contributed by atoms with Gasteiger partial charge in [-0.25, -0.2) is 0 Å². The van der Waals surface area contributed by atoms with Crippen LogP contribution in [0.2, 0.25) is 0 Å². The van der Waals surface area contributed by atoms with Crippen LogP contribution in [0.25, 0.3) is 10.9 Å². The number of aryl methyl sites for hydroxylation is 1. The summed E-state index contributed by atoms with van der Waals surface area (Å²) in [6, 6.07) is 8.09. The lowest BCUT2D eigenvalue weighted by Crippen LogP contribution is -1.97. The van der Waals surface area contributed by atoms with Crippen LogP contribution in [0.15, 0.2) is 43.1 Å². The Morgan fingerprint density at radius 1 is 1.36 bits per heavy atom. The first-order valence-corrected chi connectivity index (χ1v) is 4.77. The highest BCUT2D eigenvalue weighted by atomic mass is 15.0. The van der Waals surface area contributed by atoms with E-state index in [1.807, 2.05) is 18.2 Å². The van der Waals surface area contributed by atoms with Gasteiger partial charge < -0.3 is 10.3 Å². The van der Waals surface area contributed by atoms with Crippen molar-refractivity contribution in [2.24, 2.45) is 0 Å². The van der Waals surface area contributed by atoms with Crippen molar-refractivity contribution in [2.75, 3.05) is 5.73 Å². The van der Waals surface area contributed by atoms with E-state index in [0.29, 0.717) is 0 Å². The lowest BCUT2D eigenvalue weighted by molar-refractivity contribution is 0.740. The van der Waals surface area contributed by atoms with Crippen molar-refractivity contribution < 1.29 is 0 Å². The number of allylic oxidation sites excluding steroid dienone is 1. The number of fused-ring (bicyclic) bond motifs is 1. The average Bonchev–Trinajstić information content (AvgIpc) is 2.59. The standard InChI is InChI=1S/C12H14N2/c1-2-3-8-14-9-7-10-5-4-6-11(13)12(10)14/h2,4-7,9H,1,3,8,13H2. The zero-order valence-electron chi connectivity index (χ0n) is 8.11. The van der Waals surface area contributed by atoms with Crippen molar-refractivity contribution in [3.05, 3.63) is 43.1 Å². The molecule has 1 aromatic heterocycles. The molecule has 14 heavy (non-hydrogen) atoms. The molecule has 1 aromatic carbocycles. The summed E-state index contributed by atoms with van der Waals surface area (Å²) in [5.74, 6) is 0. The summed E-state index contributed by atoms with van der Waals surface area (Å²) < 4.78 is 2.17. The van der Waals surface area contributed by atoms with Gasteiger partial charge in [-0.3, -0.25) is 0 Å². The molecule has 0 atom stereocenters. The second-order valence-corrected chi connectivity index (χ2v) is 3.37. The minimum Gasteiger partial charge on any atom is -0.397 e. The normalized spacial score (nSPS) is 10.6. The highest BCUT2D eigenvalue weighted by molar-refractivity contribution is 5.90. The summed E-state index contributed by atoms with van der Waals surface area (Å²) in [6.45, 7) is 4.66. The van der Waals surface area contributed by atoms with Crippen LogP contribution >= 0.6 is 0 Å². The number of nitrogen functional groups attached to an aromatic ring is 1. The Morgan fingerprint density at radius 2 is 2.21 bits per heavy atom. The van der Waals surface area contributed by atoms with Gasteiger partial charge in [0, 0.05) is 18.1 Å². The zero-order chi connectivity index (χ0) is 9.97. The van der Waals surface area contributed by atoms with E-state index in [1.165, 1.54) is 5.39 Å². The smallest absolute Gasteiger partial charge is 0.0713 e. The van der Waals surface area contributed by atoms with Crippen molar-refractivity contribution in [3.8, 4) is 0 Å². The van der Waals surface area contributed by atoms with E-state index in [0.717, 1.165) is 24.2 Å². The molecular weight excluding hydrogens is 172 g/mol. The van der Waals surface area contributed by atoms with Crippen molar-refractivity contribution >= 4 is 16.6 Å². The van der Waals surface area contributed by atoms with E-state index in [-0.39, 0.29) is 0 Å². The first-order valence-electron chi connectivity index (χ1n) is 4.77. The largest absolute Gasteiger partial charge is 0.397 e. The van der Waals surface area contributed by atoms with Crippen molar-refractivity contribution in [1.82, 2.24) is 4.57 Å². The summed E-state index contributed by atoms with van der Waals surface area (Å²) >= 11 is 0. The molecule has 0 bridgehead atoms. The Labute approximate surface area is 83.6 Å². The highest BCUT2D eigenvalue weighted by Gasteiger charge is 2.02. The molecule has 0 radical (unpaired) electrons. The number of hydrogen-bond acceptors (Lipinski definition) is 1. The second-order valence-electron chi connectivity index (χ2n) is 3.37. The highest BCUT2D eigenvalue weighted by Crippen LogP contribution is 2.22. The SMILES string of the molecule is C=CCCn1ccc2cccc(N)c21. The minimum atomic E-state index is 0.844. The van der Waals surface area contributed by atoms with E-state index >= 15 is 0 Å². The number of hydrogen-bond donors (Lipinski definition) is 1. The molecule has 0 aliphatic rings. The van der Waals surface area contributed by atoms with E-state index in [4.69, 9.17) is 5.73 Å². The van der Waals surface area contributed by atoms with Gasteiger partial charge in [0.05, 0.1) is 11.2 Å². The van der Waals surface area contributed by atoms with E-state index in [2.05, 4.69) is 29.5 Å². The maximum atomic E-state index is 5.93. The molecule has 0 saturated heterocycles. The van der Waals surface area contributed by atoms with Crippen LogP contribution in [-0.4, -0.2) is 4.57 Å². The van der Waals surface area contributed by atoms with Gasteiger partial charge in [0.1, 0.15) is 0 Å². The second kappa shape index (κ2) is 3.58. The third kappa shape index (κ3) is 1.39. The molecule has 0 aliphatic heterocycles. The first-order chi connectivity index (χ1) is 6.83. The van der Waals surface area contributed by atoms with Crippen molar-refractivity contribution in [1.29, 1.82) is 0 Å². The fourth-order valence-electron chi connectivity index (χ4n) is 1.71. The third-order valence-electron chi connectivity index (χ3n) is 2.39. The van der Waals surface area contributed by atoms with Crippen LogP contribution in [0, 0.1) is 0 Å². The Hall–Kier alpha value is -1.70. The summed E-state index contributed by atoms with van der Waals surface area (Å²) in [7, 11) is 0. The molecule has 2 heteroatoms. The summed E-state index contributed by atoms with van der Waals surface area (Å²) in [6.07, 6.45) is 4.97. The predicted octanol–water partition coefficient (Wildman–Crippen LogP) is 2.80. The van der Waals surface area contributed by atoms with Crippen LogP contribution in [-0.2, 0) is 6.54 Å². The molecule has 0 aliphatic carbocycles. The summed E-state index contributed by atoms with van der Waals surface area (Å²) in [5.41, 5.74) is 7.90. The van der Waals surface area contributed by atoms with Crippen LogP contribution in [0.3, 0.4) is 0 Å². The zero-order valence-corrected chi connectivity index (χ0v) is 8.11. The molecule has 0 unspecified atom stereocenters. The van der Waals surface area contributed by atoms with E-state index < -0.39 is 0 Å². The number of anilines is 1. The molecule has 72 valence electrons. The Morgan fingerprint density at radius 3 is 3.00 bits per heavy atom. The predicted molar refractivity (Wildman–Crippen MR) is 61.2 cm³/mol. The number of aromatic nitrogens is 1. The Kier molecular flexibility index (Phi) is 2.27. The quantitative estimate of drug-likeness (QED) is 0.580. The molecule has 2 aromatic rings. The number of nitrogens with zero attached hydrogens (tertiary/aromatic N) is 1. The maximum Gasteiger partial charge on any atom is 0.0713 e. The average molecular weight is 186 g/mol. The van der Waals surface area contributed by atoms with Crippen LogP contribution in [0.4, 0.5) is 5.69 Å². The number of para-hydroxylation sites is 1. The van der Waals surface area contributed by atoms with Gasteiger partial charge in [-0.1, -0.05) is 18.2 Å². The minimum absolute atomic E-state index is 0.844. The fourth-order valence-corrected chi connectivity index (χ4v) is 1.71. The first kappa shape index (κ1) is 8.88. The molecule has 0 fully saturated rings. The number of rotatable bonds is 3. The number of nitrogens with two attached hydrogens (primary N) is 1. The van der Waals surface area contributed by atoms with Gasteiger partial charge in [0.15, 0.2) is 0 Å². The lowest BCUT2D eigenvalue weighted by atomic mass is 10.2. The van der Waals surface area contributed by atoms with Crippen molar-refractivity contribution in [2.45, 2.75) is 13.0 Å². The molecule has 0 spiro atoms. The molecule has 2 N–H and O–H groups in total. The third-order valence-corrected chi connectivity index (χ3v) is 2.39. The molecule has 0 saturated carbocycles. The van der Waals surface area contributed by atoms with Gasteiger partial charge >= 0.3 is 0 Å². The van der Waals surface area contributed by atoms with Crippen LogP contribution < -0.4 is 5.73 Å². The van der Waals surface area contributed by atoms with Crippen LogP contribution in [0.1, 0.15) is 6.42 Å². The maximum absolute atomic E-state index is 5.93. The van der Waals surface area contributed by atoms with Gasteiger partial charge in [-0.05, 0) is 18.6 Å². The van der Waals surface area contributed by atoms with Gasteiger partial charge in [0.25, 0.3) is 0 Å². The van der Waals surface area contributed by atoms with E-state index in [9.17, 15) is 0 Å². The Balaban J connectivity index is 2.50. The van der Waals surface area contributed by atoms with Crippen LogP contribution in [0.5, 0.6) is 0 Å². The monoisotopic (exact) mass is 186 g/mol. The molecule has 2 rings (SSSR count). The molecular formula is C12H14N2. The lowest BCUT2D eigenvalue weighted by Gasteiger charge is -2.05. The fraction of sp³-hybridized carbons (Fsp3) is 0.167. The summed E-state index contributed by atoms with van der Waals surface area (Å²) in [5, 5.41) is 1.20. The van der Waals surface area contributed by atoms with E-state index in [1.54, 1.807) is 0 Å². The molecule has 0 amide bonds. The van der Waals surface area contributed by atoms with Crippen molar-refractivity contribution in [3.63, 3.8) is 0 Å².